The number of ether oxygens (including phenoxy) is 2. The Labute approximate surface area is 114 Å². The lowest BCUT2D eigenvalue weighted by molar-refractivity contribution is -0.195. The minimum absolute atomic E-state index is 0.237. The molecule has 0 amide bonds. The van der Waals surface area contributed by atoms with E-state index in [0.717, 1.165) is 30.7 Å². The van der Waals surface area contributed by atoms with Gasteiger partial charge in [0.05, 0.1) is 12.7 Å². The Bertz CT molecular complexity index is 257. The maximum absolute atomic E-state index is 6.06. The SMILES string of the molecule is CCC(C)(C)C1CCC2(CC1)OCC(CBr)O2. The average Bonchev–Trinajstić information content (AvgIpc) is 2.73. The predicted molar refractivity (Wildman–Crippen MR) is 73.4 cm³/mol. The summed E-state index contributed by atoms with van der Waals surface area (Å²) in [6.45, 7) is 7.85. The molecule has 0 aromatic heterocycles. The summed E-state index contributed by atoms with van der Waals surface area (Å²) in [5.74, 6) is 0.590. The first kappa shape index (κ1) is 13.8. The van der Waals surface area contributed by atoms with Gasteiger partial charge in [-0.15, -0.1) is 0 Å². The van der Waals surface area contributed by atoms with Gasteiger partial charge in [-0.1, -0.05) is 43.1 Å². The summed E-state index contributed by atoms with van der Waals surface area (Å²) >= 11 is 3.48. The molecule has 0 bridgehead atoms. The van der Waals surface area contributed by atoms with E-state index >= 15 is 0 Å². The van der Waals surface area contributed by atoms with E-state index in [1.807, 2.05) is 0 Å². The fourth-order valence-corrected chi connectivity index (χ4v) is 3.40. The first-order chi connectivity index (χ1) is 8.01. The quantitative estimate of drug-likeness (QED) is 0.730. The van der Waals surface area contributed by atoms with Gasteiger partial charge in [-0.2, -0.15) is 0 Å². The van der Waals surface area contributed by atoms with Crippen molar-refractivity contribution in [3.05, 3.63) is 0 Å². The summed E-state index contributed by atoms with van der Waals surface area (Å²) in [6, 6.07) is 0. The van der Waals surface area contributed by atoms with Crippen molar-refractivity contribution in [3.63, 3.8) is 0 Å². The van der Waals surface area contributed by atoms with Crippen LogP contribution in [0.5, 0.6) is 0 Å². The van der Waals surface area contributed by atoms with Gasteiger partial charge in [0.25, 0.3) is 0 Å². The Kier molecular flexibility index (Phi) is 4.21. The summed E-state index contributed by atoms with van der Waals surface area (Å²) in [5, 5.41) is 0.888. The molecular formula is C14H25BrO2. The van der Waals surface area contributed by atoms with Crippen molar-refractivity contribution >= 4 is 15.9 Å². The van der Waals surface area contributed by atoms with Crippen molar-refractivity contribution in [2.75, 3.05) is 11.9 Å². The van der Waals surface area contributed by atoms with E-state index in [9.17, 15) is 0 Å². The van der Waals surface area contributed by atoms with Crippen LogP contribution < -0.4 is 0 Å². The molecule has 0 aromatic carbocycles. The minimum atomic E-state index is -0.237. The lowest BCUT2D eigenvalue weighted by atomic mass is 9.68. The van der Waals surface area contributed by atoms with Crippen LogP contribution in [0.4, 0.5) is 0 Å². The molecule has 1 unspecified atom stereocenters. The van der Waals surface area contributed by atoms with Crippen LogP contribution in [0.25, 0.3) is 0 Å². The molecule has 1 spiro atoms. The van der Waals surface area contributed by atoms with Crippen molar-refractivity contribution in [1.82, 2.24) is 0 Å². The Morgan fingerprint density at radius 1 is 1.29 bits per heavy atom. The first-order valence-electron chi connectivity index (χ1n) is 6.89. The molecule has 1 aliphatic carbocycles. The number of hydrogen-bond donors (Lipinski definition) is 0. The molecule has 2 aliphatic rings. The molecule has 3 heteroatoms. The molecule has 2 fully saturated rings. The zero-order valence-electron chi connectivity index (χ0n) is 11.3. The summed E-state index contributed by atoms with van der Waals surface area (Å²) in [5.41, 5.74) is 0.467. The summed E-state index contributed by atoms with van der Waals surface area (Å²) in [7, 11) is 0. The second-order valence-corrected chi connectivity index (χ2v) is 6.88. The molecule has 0 aromatic rings. The van der Waals surface area contributed by atoms with Crippen LogP contribution >= 0.6 is 15.9 Å². The van der Waals surface area contributed by atoms with Gasteiger partial charge in [0, 0.05) is 18.2 Å². The fraction of sp³-hybridized carbons (Fsp3) is 1.00. The van der Waals surface area contributed by atoms with Crippen molar-refractivity contribution in [2.24, 2.45) is 11.3 Å². The molecule has 17 heavy (non-hydrogen) atoms. The van der Waals surface area contributed by atoms with Crippen LogP contribution in [0, 0.1) is 11.3 Å². The predicted octanol–water partition coefficient (Wildman–Crippen LogP) is 4.12. The number of halogens is 1. The topological polar surface area (TPSA) is 18.5 Å². The van der Waals surface area contributed by atoms with Crippen LogP contribution in [-0.2, 0) is 9.47 Å². The van der Waals surface area contributed by atoms with Crippen LogP contribution in [0.3, 0.4) is 0 Å². The molecule has 0 radical (unpaired) electrons. The Morgan fingerprint density at radius 3 is 2.41 bits per heavy atom. The molecule has 2 nitrogen and oxygen atoms in total. The van der Waals surface area contributed by atoms with E-state index in [2.05, 4.69) is 36.7 Å². The summed E-state index contributed by atoms with van der Waals surface area (Å²) in [4.78, 5) is 0. The lowest BCUT2D eigenvalue weighted by Gasteiger charge is -2.42. The van der Waals surface area contributed by atoms with Crippen molar-refractivity contribution in [1.29, 1.82) is 0 Å². The zero-order chi connectivity index (χ0) is 12.5. The van der Waals surface area contributed by atoms with E-state index in [0.29, 0.717) is 5.41 Å². The van der Waals surface area contributed by atoms with Gasteiger partial charge in [-0.3, -0.25) is 0 Å². The highest BCUT2D eigenvalue weighted by atomic mass is 79.9. The van der Waals surface area contributed by atoms with Gasteiger partial charge >= 0.3 is 0 Å². The van der Waals surface area contributed by atoms with Gasteiger partial charge in [-0.25, -0.2) is 0 Å². The van der Waals surface area contributed by atoms with E-state index in [1.54, 1.807) is 0 Å². The van der Waals surface area contributed by atoms with Crippen LogP contribution in [0.15, 0.2) is 0 Å². The molecule has 2 rings (SSSR count). The maximum atomic E-state index is 6.06. The average molecular weight is 305 g/mol. The Hall–Kier alpha value is 0.400. The number of hydrogen-bond acceptors (Lipinski definition) is 2. The second-order valence-electron chi connectivity index (χ2n) is 6.23. The largest absolute Gasteiger partial charge is 0.347 e. The van der Waals surface area contributed by atoms with Gasteiger partial charge in [0.2, 0.25) is 0 Å². The molecule has 1 atom stereocenters. The van der Waals surface area contributed by atoms with Gasteiger partial charge in [0.15, 0.2) is 5.79 Å². The smallest absolute Gasteiger partial charge is 0.168 e. The third-order valence-corrected chi connectivity index (χ3v) is 5.57. The highest BCUT2D eigenvalue weighted by Gasteiger charge is 2.45. The maximum Gasteiger partial charge on any atom is 0.168 e. The molecular weight excluding hydrogens is 280 g/mol. The van der Waals surface area contributed by atoms with Crippen molar-refractivity contribution < 1.29 is 9.47 Å². The van der Waals surface area contributed by atoms with E-state index in [1.165, 1.54) is 19.3 Å². The van der Waals surface area contributed by atoms with Gasteiger partial charge in [0.1, 0.15) is 0 Å². The monoisotopic (exact) mass is 304 g/mol. The third kappa shape index (κ3) is 2.87. The van der Waals surface area contributed by atoms with Gasteiger partial charge in [-0.05, 0) is 24.2 Å². The highest BCUT2D eigenvalue weighted by Crippen LogP contribution is 2.46. The van der Waals surface area contributed by atoms with Crippen molar-refractivity contribution in [3.8, 4) is 0 Å². The standard InChI is InChI=1S/C14H25BrO2/c1-4-13(2,3)11-5-7-14(8-6-11)16-10-12(9-15)17-14/h11-12H,4-10H2,1-3H3. The second kappa shape index (κ2) is 5.18. The number of rotatable bonds is 3. The Morgan fingerprint density at radius 2 is 1.94 bits per heavy atom. The highest BCUT2D eigenvalue weighted by molar-refractivity contribution is 9.09. The fourth-order valence-electron chi connectivity index (χ4n) is 3.08. The first-order valence-corrected chi connectivity index (χ1v) is 8.01. The van der Waals surface area contributed by atoms with Crippen LogP contribution in [0.1, 0.15) is 52.9 Å². The minimum Gasteiger partial charge on any atom is -0.347 e. The third-order valence-electron chi connectivity index (χ3n) is 4.85. The summed E-state index contributed by atoms with van der Waals surface area (Å²) < 4.78 is 12.0. The molecule has 1 heterocycles. The van der Waals surface area contributed by atoms with Crippen LogP contribution in [-0.4, -0.2) is 23.8 Å². The summed E-state index contributed by atoms with van der Waals surface area (Å²) in [6.07, 6.45) is 6.16. The zero-order valence-corrected chi connectivity index (χ0v) is 12.9. The van der Waals surface area contributed by atoms with E-state index in [-0.39, 0.29) is 11.9 Å². The molecule has 1 saturated carbocycles. The number of alkyl halides is 1. The van der Waals surface area contributed by atoms with E-state index in [4.69, 9.17) is 9.47 Å². The van der Waals surface area contributed by atoms with E-state index < -0.39 is 0 Å². The van der Waals surface area contributed by atoms with Crippen molar-refractivity contribution in [2.45, 2.75) is 64.8 Å². The molecule has 1 aliphatic heterocycles. The Balaban J connectivity index is 1.90. The van der Waals surface area contributed by atoms with Crippen LogP contribution in [0.2, 0.25) is 0 Å². The lowest BCUT2D eigenvalue weighted by Crippen LogP contribution is -2.39. The molecule has 100 valence electrons. The van der Waals surface area contributed by atoms with Gasteiger partial charge < -0.3 is 9.47 Å². The normalized spacial score (nSPS) is 38.8. The molecule has 0 N–H and O–H groups in total. The molecule has 1 saturated heterocycles.